The fourth-order valence-electron chi connectivity index (χ4n) is 5.24. The van der Waals surface area contributed by atoms with Crippen LogP contribution in [-0.2, 0) is 44.9 Å². The largest absolute Gasteiger partial charge is 0.0654 e. The molecular weight excluding hydrogens is 613 g/mol. The normalized spacial score (nSPS) is 9.84. The molecule has 0 saturated carbocycles. The van der Waals surface area contributed by atoms with Crippen LogP contribution in [0.1, 0.15) is 130 Å². The molecule has 0 saturated heterocycles. The van der Waals surface area contributed by atoms with Gasteiger partial charge in [-0.3, -0.25) is 0 Å². The van der Waals surface area contributed by atoms with Crippen LogP contribution >= 0.6 is 0 Å². The highest BCUT2D eigenvalue weighted by Crippen LogP contribution is 2.09. The minimum Gasteiger partial charge on any atom is -0.0654 e. The van der Waals surface area contributed by atoms with Crippen molar-refractivity contribution in [3.8, 4) is 0 Å². The molecule has 0 aliphatic carbocycles. The van der Waals surface area contributed by atoms with Crippen LogP contribution in [0.15, 0.2) is 121 Å². The van der Waals surface area contributed by atoms with Crippen molar-refractivity contribution in [1.82, 2.24) is 0 Å². The van der Waals surface area contributed by atoms with E-state index in [1.165, 1.54) is 101 Å². The number of rotatable bonds is 11. The molecule has 5 aromatic carbocycles. The van der Waals surface area contributed by atoms with E-state index in [9.17, 15) is 0 Å². The number of hydrogen-bond donors (Lipinski definition) is 0. The molecule has 0 fully saturated rings. The Morgan fingerprint density at radius 2 is 0.471 bits per heavy atom. The van der Waals surface area contributed by atoms with Gasteiger partial charge in [0.25, 0.3) is 0 Å². The van der Waals surface area contributed by atoms with Gasteiger partial charge in [0.2, 0.25) is 0 Å². The van der Waals surface area contributed by atoms with E-state index < -0.39 is 0 Å². The molecule has 0 radical (unpaired) electrons. The van der Waals surface area contributed by atoms with Gasteiger partial charge >= 0.3 is 0 Å². The second-order valence-electron chi connectivity index (χ2n) is 13.6. The lowest BCUT2D eigenvalue weighted by Crippen LogP contribution is -1.84. The Kier molecular flexibility index (Phi) is 25.4. The fourth-order valence-corrected chi connectivity index (χ4v) is 5.24. The van der Waals surface area contributed by atoms with Crippen molar-refractivity contribution >= 4 is 0 Å². The first-order valence-electron chi connectivity index (χ1n) is 20.0. The molecule has 0 aliphatic rings. The second kappa shape index (κ2) is 28.8. The van der Waals surface area contributed by atoms with E-state index in [0.717, 1.165) is 25.7 Å². The molecule has 0 unspecified atom stereocenters. The van der Waals surface area contributed by atoms with Gasteiger partial charge in [0.15, 0.2) is 0 Å². The standard InChI is InChI=1S/2C11H16.2C10H14.C9H12/c1-3-4-5-11-8-6-10(2)7-9-11;1-3-5-11-8-6-10(4-2)7-9-11;1-3-4-10-7-5-9(2)6-8-10;1-3-9-5-7-10(4-2)8-6-9;1-3-9-6-4-8(2)5-7-9/h2*6-9H,3-5H2,1-2H3;2*5-8H,3-4H2,1-2H3;4-7H,3H2,1-2H3. The van der Waals surface area contributed by atoms with Gasteiger partial charge in [0.05, 0.1) is 0 Å². The SMILES string of the molecule is CCCCc1ccc(C)cc1.CCCc1ccc(C)cc1.CCCc1ccc(CC)cc1.CCc1ccc(C)cc1.CCc1ccc(CC)cc1. The van der Waals surface area contributed by atoms with Crippen molar-refractivity contribution in [3.05, 3.63) is 177 Å². The minimum absolute atomic E-state index is 1.14. The topological polar surface area (TPSA) is 0 Å². The first-order chi connectivity index (χ1) is 24.7. The average molecular weight is 685 g/mol. The van der Waals surface area contributed by atoms with Crippen LogP contribution in [0.4, 0.5) is 0 Å². The van der Waals surface area contributed by atoms with Gasteiger partial charge in [0.1, 0.15) is 0 Å². The molecule has 0 nitrogen and oxygen atoms in total. The monoisotopic (exact) mass is 685 g/mol. The van der Waals surface area contributed by atoms with Crippen molar-refractivity contribution in [3.63, 3.8) is 0 Å². The molecule has 276 valence electrons. The van der Waals surface area contributed by atoms with Gasteiger partial charge in [-0.05, 0) is 111 Å². The predicted octanol–water partition coefficient (Wildman–Crippen LogP) is 14.9. The molecule has 51 heavy (non-hydrogen) atoms. The Bertz CT molecular complexity index is 1460. The predicted molar refractivity (Wildman–Crippen MR) is 231 cm³/mol. The van der Waals surface area contributed by atoms with E-state index in [0.29, 0.717) is 0 Å². The average Bonchev–Trinajstić information content (AvgIpc) is 3.17. The summed E-state index contributed by atoms with van der Waals surface area (Å²) >= 11 is 0. The number of unbranched alkanes of at least 4 members (excludes halogenated alkanes) is 1. The summed E-state index contributed by atoms with van der Waals surface area (Å²) in [4.78, 5) is 0. The lowest BCUT2D eigenvalue weighted by molar-refractivity contribution is 0.795. The van der Waals surface area contributed by atoms with E-state index in [1.807, 2.05) is 0 Å². The smallest absolute Gasteiger partial charge is 0.0279 e. The quantitative estimate of drug-likeness (QED) is 0.130. The number of benzene rings is 5. The molecule has 0 bridgehead atoms. The molecule has 0 N–H and O–H groups in total. The Hall–Kier alpha value is -3.90. The molecule has 5 rings (SSSR count). The van der Waals surface area contributed by atoms with Crippen LogP contribution in [0.3, 0.4) is 0 Å². The third-order valence-electron chi connectivity index (χ3n) is 8.94. The molecule has 0 spiro atoms. The van der Waals surface area contributed by atoms with Gasteiger partial charge < -0.3 is 0 Å². The summed E-state index contributed by atoms with van der Waals surface area (Å²) in [6.07, 6.45) is 13.3. The van der Waals surface area contributed by atoms with Crippen molar-refractivity contribution in [2.75, 3.05) is 0 Å². The van der Waals surface area contributed by atoms with E-state index in [2.05, 4.69) is 191 Å². The van der Waals surface area contributed by atoms with Crippen molar-refractivity contribution in [1.29, 1.82) is 0 Å². The maximum absolute atomic E-state index is 2.24. The molecule has 5 aromatic rings. The van der Waals surface area contributed by atoms with Crippen molar-refractivity contribution in [2.45, 2.75) is 140 Å². The highest BCUT2D eigenvalue weighted by molar-refractivity contribution is 5.24. The van der Waals surface area contributed by atoms with E-state index in [-0.39, 0.29) is 0 Å². The lowest BCUT2D eigenvalue weighted by atomic mass is 10.1. The summed E-state index contributed by atoms with van der Waals surface area (Å²) in [6.45, 7) is 21.7. The summed E-state index contributed by atoms with van der Waals surface area (Å²) in [7, 11) is 0. The molecule has 0 atom stereocenters. The molecule has 0 heteroatoms. The first-order valence-corrected chi connectivity index (χ1v) is 20.0. The zero-order valence-electron chi connectivity index (χ0n) is 34.3. The maximum Gasteiger partial charge on any atom is -0.0279 e. The summed E-state index contributed by atoms with van der Waals surface area (Å²) in [6, 6.07) is 44.0. The Balaban J connectivity index is 0.000000319. The van der Waals surface area contributed by atoms with Gasteiger partial charge in [0, 0.05) is 0 Å². The van der Waals surface area contributed by atoms with Gasteiger partial charge in [-0.2, -0.15) is 0 Å². The van der Waals surface area contributed by atoms with E-state index in [4.69, 9.17) is 0 Å². The van der Waals surface area contributed by atoms with Crippen LogP contribution in [0.5, 0.6) is 0 Å². The van der Waals surface area contributed by atoms with E-state index in [1.54, 1.807) is 0 Å². The van der Waals surface area contributed by atoms with Crippen LogP contribution in [0, 0.1) is 20.8 Å². The summed E-state index contributed by atoms with van der Waals surface area (Å²) in [5.74, 6) is 0. The molecule has 0 aliphatic heterocycles. The van der Waals surface area contributed by atoms with Crippen molar-refractivity contribution < 1.29 is 0 Å². The Labute approximate surface area is 315 Å². The van der Waals surface area contributed by atoms with Crippen molar-refractivity contribution in [2.24, 2.45) is 0 Å². The third-order valence-corrected chi connectivity index (χ3v) is 8.94. The first kappa shape index (κ1) is 45.1. The highest BCUT2D eigenvalue weighted by atomic mass is 14.0. The van der Waals surface area contributed by atoms with Crippen LogP contribution in [-0.4, -0.2) is 0 Å². The third kappa shape index (κ3) is 21.8. The van der Waals surface area contributed by atoms with Gasteiger partial charge in [-0.25, -0.2) is 0 Å². The summed E-state index contributed by atoms with van der Waals surface area (Å²) in [5, 5.41) is 0. The minimum atomic E-state index is 1.14. The molecule has 0 heterocycles. The fraction of sp³-hybridized carbons (Fsp3) is 0.412. The van der Waals surface area contributed by atoms with Gasteiger partial charge in [-0.1, -0.05) is 206 Å². The molecule has 0 amide bonds. The van der Waals surface area contributed by atoms with Crippen LogP contribution in [0.25, 0.3) is 0 Å². The van der Waals surface area contributed by atoms with Crippen LogP contribution in [0.2, 0.25) is 0 Å². The highest BCUT2D eigenvalue weighted by Gasteiger charge is 1.92. The zero-order chi connectivity index (χ0) is 37.7. The summed E-state index contributed by atoms with van der Waals surface area (Å²) in [5.41, 5.74) is 14.1. The Morgan fingerprint density at radius 1 is 0.255 bits per heavy atom. The van der Waals surface area contributed by atoms with Gasteiger partial charge in [-0.15, -0.1) is 0 Å². The maximum atomic E-state index is 2.24. The number of aryl methyl sites for hydroxylation is 10. The second-order valence-corrected chi connectivity index (χ2v) is 13.6. The van der Waals surface area contributed by atoms with E-state index >= 15 is 0 Å². The van der Waals surface area contributed by atoms with Crippen LogP contribution < -0.4 is 0 Å². The zero-order valence-corrected chi connectivity index (χ0v) is 34.3. The molecule has 0 aromatic heterocycles. The number of hydrogen-bond acceptors (Lipinski definition) is 0. The Morgan fingerprint density at radius 3 is 0.706 bits per heavy atom. The lowest BCUT2D eigenvalue weighted by Gasteiger charge is -1.99. The molecular formula is C51H72. The summed E-state index contributed by atoms with van der Waals surface area (Å²) < 4.78 is 0.